The summed E-state index contributed by atoms with van der Waals surface area (Å²) in [6.07, 6.45) is 0. The van der Waals surface area contributed by atoms with Crippen molar-refractivity contribution in [1.82, 2.24) is 9.88 Å². The fraction of sp³-hybridized carbons (Fsp3) is 0.275. The van der Waals surface area contributed by atoms with Crippen molar-refractivity contribution in [2.24, 2.45) is 0 Å². The van der Waals surface area contributed by atoms with Crippen molar-refractivity contribution in [3.63, 3.8) is 0 Å². The van der Waals surface area contributed by atoms with E-state index in [-0.39, 0.29) is 5.97 Å². The number of esters is 1. The topological polar surface area (TPSA) is 43.3 Å². The molecule has 1 heterocycles. The van der Waals surface area contributed by atoms with Gasteiger partial charge < -0.3 is 14.6 Å². The largest absolute Gasteiger partial charge is 0.456 e. The smallest absolute Gasteiger partial charge is 0.339 e. The molecule has 0 spiro atoms. The van der Waals surface area contributed by atoms with Crippen LogP contribution in [0.1, 0.15) is 84.4 Å². The van der Waals surface area contributed by atoms with E-state index in [0.29, 0.717) is 11.5 Å². The van der Waals surface area contributed by atoms with Gasteiger partial charge in [0.1, 0.15) is 5.60 Å². The first kappa shape index (κ1) is 30.9. The number of hydrogen-bond acceptors (Lipinski definition) is 3. The maximum atomic E-state index is 12.9. The SMILES string of the molecule is C=C(NCc1ccc(C(C)C)cc1)c1ccc2c(c1)c(C)c(C)n2Cc1ccc(-c2ccccc2C(=O)OC(C)(C)C)cc1. The van der Waals surface area contributed by atoms with E-state index in [4.69, 9.17) is 4.74 Å². The third-order valence-corrected chi connectivity index (χ3v) is 8.29. The highest BCUT2D eigenvalue weighted by Crippen LogP contribution is 2.30. The maximum Gasteiger partial charge on any atom is 0.339 e. The van der Waals surface area contributed by atoms with Gasteiger partial charge in [-0.15, -0.1) is 0 Å². The molecular weight excluding hydrogens is 540 g/mol. The van der Waals surface area contributed by atoms with Crippen molar-refractivity contribution in [2.75, 3.05) is 0 Å². The van der Waals surface area contributed by atoms with E-state index < -0.39 is 5.60 Å². The van der Waals surface area contributed by atoms with Crippen LogP contribution in [-0.4, -0.2) is 16.1 Å². The Hall–Kier alpha value is -4.57. The number of aryl methyl sites for hydroxylation is 1. The van der Waals surface area contributed by atoms with Gasteiger partial charge in [-0.3, -0.25) is 0 Å². The molecule has 4 nitrogen and oxygen atoms in total. The lowest BCUT2D eigenvalue weighted by molar-refractivity contribution is 0.00704. The second kappa shape index (κ2) is 12.6. The first-order valence-corrected chi connectivity index (χ1v) is 15.4. The Morgan fingerprint density at radius 1 is 0.886 bits per heavy atom. The molecule has 1 N–H and O–H groups in total. The molecule has 4 heteroatoms. The van der Waals surface area contributed by atoms with Gasteiger partial charge in [0.2, 0.25) is 0 Å². The van der Waals surface area contributed by atoms with Crippen molar-refractivity contribution in [2.45, 2.75) is 73.1 Å². The maximum absolute atomic E-state index is 12.9. The quantitative estimate of drug-likeness (QED) is 0.175. The zero-order chi connectivity index (χ0) is 31.6. The predicted molar refractivity (Wildman–Crippen MR) is 184 cm³/mol. The van der Waals surface area contributed by atoms with Crippen LogP contribution >= 0.6 is 0 Å². The van der Waals surface area contributed by atoms with Crippen LogP contribution < -0.4 is 5.32 Å². The van der Waals surface area contributed by atoms with Crippen LogP contribution in [0.25, 0.3) is 27.7 Å². The van der Waals surface area contributed by atoms with Crippen LogP contribution in [0.5, 0.6) is 0 Å². The van der Waals surface area contributed by atoms with Crippen LogP contribution in [0.4, 0.5) is 0 Å². The van der Waals surface area contributed by atoms with Gasteiger partial charge >= 0.3 is 5.97 Å². The summed E-state index contributed by atoms with van der Waals surface area (Å²) in [6.45, 7) is 20.3. The third kappa shape index (κ3) is 6.81. The Kier molecular flexibility index (Phi) is 8.82. The fourth-order valence-electron chi connectivity index (χ4n) is 5.59. The number of ether oxygens (including phenoxy) is 1. The summed E-state index contributed by atoms with van der Waals surface area (Å²) < 4.78 is 8.04. The normalized spacial score (nSPS) is 11.6. The highest BCUT2D eigenvalue weighted by atomic mass is 16.6. The molecule has 0 aliphatic rings. The van der Waals surface area contributed by atoms with E-state index in [0.717, 1.165) is 35.5 Å². The van der Waals surface area contributed by atoms with Gasteiger partial charge in [-0.1, -0.05) is 93.2 Å². The summed E-state index contributed by atoms with van der Waals surface area (Å²) in [6, 6.07) is 31.6. The molecule has 5 rings (SSSR count). The molecule has 0 saturated carbocycles. The number of carbonyl (C=O) groups excluding carboxylic acids is 1. The molecule has 1 aromatic heterocycles. The summed E-state index contributed by atoms with van der Waals surface area (Å²) in [7, 11) is 0. The fourth-order valence-corrected chi connectivity index (χ4v) is 5.59. The summed E-state index contributed by atoms with van der Waals surface area (Å²) in [5.74, 6) is 0.227. The highest BCUT2D eigenvalue weighted by molar-refractivity contribution is 5.97. The number of benzene rings is 4. The Morgan fingerprint density at radius 3 is 2.20 bits per heavy atom. The van der Waals surface area contributed by atoms with Gasteiger partial charge in [0.15, 0.2) is 0 Å². The lowest BCUT2D eigenvalue weighted by Gasteiger charge is -2.20. The minimum Gasteiger partial charge on any atom is -0.456 e. The molecular formula is C40H44N2O2. The second-order valence-corrected chi connectivity index (χ2v) is 13.0. The van der Waals surface area contributed by atoms with Crippen molar-refractivity contribution in [1.29, 1.82) is 0 Å². The molecule has 0 saturated heterocycles. The monoisotopic (exact) mass is 584 g/mol. The first-order valence-electron chi connectivity index (χ1n) is 15.4. The summed E-state index contributed by atoms with van der Waals surface area (Å²) >= 11 is 0. The molecule has 5 aromatic rings. The Bertz CT molecular complexity index is 1800. The lowest BCUT2D eigenvalue weighted by atomic mass is 9.98. The second-order valence-electron chi connectivity index (χ2n) is 13.0. The molecule has 0 aliphatic heterocycles. The van der Waals surface area contributed by atoms with Crippen molar-refractivity contribution in [3.05, 3.63) is 137 Å². The van der Waals surface area contributed by atoms with Crippen LogP contribution in [0.15, 0.2) is 97.6 Å². The number of nitrogens with one attached hydrogen (secondary N) is 1. The van der Waals surface area contributed by atoms with E-state index in [1.54, 1.807) is 0 Å². The van der Waals surface area contributed by atoms with Gasteiger partial charge in [-0.2, -0.15) is 0 Å². The van der Waals surface area contributed by atoms with Crippen molar-refractivity contribution < 1.29 is 9.53 Å². The van der Waals surface area contributed by atoms with Gasteiger partial charge in [0.05, 0.1) is 5.56 Å². The molecule has 0 aliphatic carbocycles. The first-order chi connectivity index (χ1) is 20.9. The Labute approximate surface area is 262 Å². The van der Waals surface area contributed by atoms with Gasteiger partial charge in [-0.25, -0.2) is 4.79 Å². The van der Waals surface area contributed by atoms with Gasteiger partial charge in [0, 0.05) is 35.4 Å². The van der Waals surface area contributed by atoms with Crippen LogP contribution in [0, 0.1) is 13.8 Å². The average molecular weight is 585 g/mol. The molecule has 0 amide bonds. The zero-order valence-electron chi connectivity index (χ0n) is 27.1. The predicted octanol–water partition coefficient (Wildman–Crippen LogP) is 9.81. The number of carbonyl (C=O) groups is 1. The van der Waals surface area contributed by atoms with Crippen LogP contribution in [-0.2, 0) is 17.8 Å². The van der Waals surface area contributed by atoms with E-state index in [1.807, 2.05) is 45.0 Å². The number of nitrogens with zero attached hydrogens (tertiary/aromatic N) is 1. The molecule has 226 valence electrons. The number of hydrogen-bond donors (Lipinski definition) is 1. The van der Waals surface area contributed by atoms with Gasteiger partial charge in [-0.05, 0) is 97.7 Å². The molecule has 44 heavy (non-hydrogen) atoms. The van der Waals surface area contributed by atoms with E-state index in [9.17, 15) is 4.79 Å². The third-order valence-electron chi connectivity index (χ3n) is 8.29. The van der Waals surface area contributed by atoms with E-state index in [2.05, 4.69) is 111 Å². The summed E-state index contributed by atoms with van der Waals surface area (Å²) in [4.78, 5) is 12.9. The summed E-state index contributed by atoms with van der Waals surface area (Å²) in [5, 5.41) is 4.76. The Morgan fingerprint density at radius 2 is 1.55 bits per heavy atom. The molecule has 0 atom stereocenters. The van der Waals surface area contributed by atoms with Gasteiger partial charge in [0.25, 0.3) is 0 Å². The van der Waals surface area contributed by atoms with E-state index in [1.165, 1.54) is 38.9 Å². The molecule has 0 unspecified atom stereocenters. The standard InChI is InChI=1S/C40H44N2O2/c1-26(2)32-17-13-30(14-18-32)24-41-28(4)34-21-22-38-37(23-34)27(3)29(5)42(38)25-31-15-19-33(20-16-31)35-11-9-10-12-36(35)39(43)44-40(6,7)8/h9-23,26,41H,4,24-25H2,1-3,5-8H3. The lowest BCUT2D eigenvalue weighted by Crippen LogP contribution is -2.24. The minimum absolute atomic E-state index is 0.306. The number of rotatable bonds is 9. The van der Waals surface area contributed by atoms with Crippen LogP contribution in [0.3, 0.4) is 0 Å². The number of aromatic nitrogens is 1. The van der Waals surface area contributed by atoms with Crippen LogP contribution in [0.2, 0.25) is 0 Å². The van der Waals surface area contributed by atoms with Crippen molar-refractivity contribution >= 4 is 22.6 Å². The minimum atomic E-state index is -0.547. The average Bonchev–Trinajstić information content (AvgIpc) is 3.23. The number of fused-ring (bicyclic) bond motifs is 1. The van der Waals surface area contributed by atoms with Crippen molar-refractivity contribution in [3.8, 4) is 11.1 Å². The summed E-state index contributed by atoms with van der Waals surface area (Å²) in [5.41, 5.74) is 11.5. The van der Waals surface area contributed by atoms with E-state index >= 15 is 0 Å². The molecule has 0 radical (unpaired) electrons. The highest BCUT2D eigenvalue weighted by Gasteiger charge is 2.21. The zero-order valence-corrected chi connectivity index (χ0v) is 27.1. The Balaban J connectivity index is 1.33. The molecule has 0 fully saturated rings. The molecule has 0 bridgehead atoms. The molecule has 4 aromatic carbocycles.